The van der Waals surface area contributed by atoms with Crippen LogP contribution in [0.25, 0.3) is 0 Å². The molecule has 0 N–H and O–H groups in total. The third-order valence-corrected chi connectivity index (χ3v) is 4.95. The fraction of sp³-hybridized carbons (Fsp3) is 0.476. The zero-order valence-electron chi connectivity index (χ0n) is 15.3. The average molecular weight is 346 g/mol. The fourth-order valence-electron chi connectivity index (χ4n) is 2.45. The SMILES string of the molecule is C=CCN(C/C=C\CCC)C(=O)C(CCC)Sc1cccc(C)c1. The van der Waals surface area contributed by atoms with Crippen LogP contribution in [0.4, 0.5) is 0 Å². The number of benzene rings is 1. The van der Waals surface area contributed by atoms with E-state index >= 15 is 0 Å². The smallest absolute Gasteiger partial charge is 0.236 e. The van der Waals surface area contributed by atoms with Crippen molar-refractivity contribution in [2.45, 2.75) is 56.6 Å². The number of rotatable bonds is 11. The molecule has 0 bridgehead atoms. The molecule has 1 aromatic carbocycles. The predicted octanol–water partition coefficient (Wildman–Crippen LogP) is 5.63. The number of thioether (sulfide) groups is 1. The van der Waals surface area contributed by atoms with E-state index in [0.717, 1.165) is 25.7 Å². The van der Waals surface area contributed by atoms with Crippen molar-refractivity contribution in [3.05, 3.63) is 54.6 Å². The standard InChI is InChI=1S/C21H31NOS/c1-5-8-9-10-16-22(15-7-3)21(23)20(12-6-2)24-19-14-11-13-18(4)17-19/h7,9-11,13-14,17,20H,3,5-6,8,12,15-16H2,1-2,4H3/b10-9-. The van der Waals surface area contributed by atoms with E-state index in [0.29, 0.717) is 13.1 Å². The van der Waals surface area contributed by atoms with Gasteiger partial charge in [0.15, 0.2) is 0 Å². The van der Waals surface area contributed by atoms with Crippen molar-refractivity contribution in [1.29, 1.82) is 0 Å². The Kier molecular flexibility index (Phi) is 10.3. The van der Waals surface area contributed by atoms with Gasteiger partial charge in [-0.2, -0.15) is 0 Å². The van der Waals surface area contributed by atoms with Gasteiger partial charge in [-0.3, -0.25) is 4.79 Å². The van der Waals surface area contributed by atoms with Gasteiger partial charge in [0.2, 0.25) is 5.91 Å². The summed E-state index contributed by atoms with van der Waals surface area (Å²) in [5.41, 5.74) is 1.23. The maximum Gasteiger partial charge on any atom is 0.236 e. The summed E-state index contributed by atoms with van der Waals surface area (Å²) in [7, 11) is 0. The highest BCUT2D eigenvalue weighted by Crippen LogP contribution is 2.28. The molecule has 1 amide bonds. The minimum atomic E-state index is -0.0312. The third kappa shape index (κ3) is 7.39. The van der Waals surface area contributed by atoms with E-state index in [2.05, 4.69) is 63.8 Å². The summed E-state index contributed by atoms with van der Waals surface area (Å²) >= 11 is 1.68. The molecule has 3 heteroatoms. The Morgan fingerprint density at radius 2 is 2.04 bits per heavy atom. The number of hydrogen-bond donors (Lipinski definition) is 0. The van der Waals surface area contributed by atoms with Crippen molar-refractivity contribution in [1.82, 2.24) is 4.90 Å². The molecule has 0 saturated carbocycles. The van der Waals surface area contributed by atoms with Crippen LogP contribution in [-0.2, 0) is 4.79 Å². The van der Waals surface area contributed by atoms with Gasteiger partial charge in [-0.05, 0) is 31.9 Å². The van der Waals surface area contributed by atoms with Crippen LogP contribution in [0.5, 0.6) is 0 Å². The lowest BCUT2D eigenvalue weighted by molar-refractivity contribution is -0.129. The van der Waals surface area contributed by atoms with E-state index in [4.69, 9.17) is 0 Å². The summed E-state index contributed by atoms with van der Waals surface area (Å²) in [4.78, 5) is 16.1. The Bertz CT molecular complexity index is 538. The first-order valence-electron chi connectivity index (χ1n) is 8.90. The molecule has 0 aliphatic rings. The monoisotopic (exact) mass is 345 g/mol. The van der Waals surface area contributed by atoms with Crippen LogP contribution in [0.2, 0.25) is 0 Å². The van der Waals surface area contributed by atoms with Gasteiger partial charge in [0.25, 0.3) is 0 Å². The zero-order chi connectivity index (χ0) is 17.8. The molecule has 1 aromatic rings. The molecule has 24 heavy (non-hydrogen) atoms. The predicted molar refractivity (Wildman–Crippen MR) is 107 cm³/mol. The first-order valence-corrected chi connectivity index (χ1v) is 9.78. The lowest BCUT2D eigenvalue weighted by Gasteiger charge is -2.25. The maximum absolute atomic E-state index is 13.0. The van der Waals surface area contributed by atoms with E-state index in [1.54, 1.807) is 11.8 Å². The molecule has 132 valence electrons. The molecule has 0 aliphatic heterocycles. The fourth-order valence-corrected chi connectivity index (χ4v) is 3.79. The molecule has 1 atom stereocenters. The average Bonchev–Trinajstić information content (AvgIpc) is 2.57. The summed E-state index contributed by atoms with van der Waals surface area (Å²) in [6.07, 6.45) is 10.2. The number of allylic oxidation sites excluding steroid dienone is 1. The second-order valence-corrected chi connectivity index (χ2v) is 7.28. The molecule has 0 fully saturated rings. The second-order valence-electron chi connectivity index (χ2n) is 6.00. The van der Waals surface area contributed by atoms with Crippen molar-refractivity contribution in [2.24, 2.45) is 0 Å². The lowest BCUT2D eigenvalue weighted by Crippen LogP contribution is -2.38. The number of aryl methyl sites for hydroxylation is 1. The number of carbonyl (C=O) groups excluding carboxylic acids is 1. The molecular formula is C21H31NOS. The Morgan fingerprint density at radius 3 is 2.67 bits per heavy atom. The Labute approximate surface area is 152 Å². The maximum atomic E-state index is 13.0. The summed E-state index contributed by atoms with van der Waals surface area (Å²) in [5.74, 6) is 0.212. The van der Waals surface area contributed by atoms with Crippen LogP contribution in [0.3, 0.4) is 0 Å². The van der Waals surface area contributed by atoms with Gasteiger partial charge in [0.05, 0.1) is 5.25 Å². The van der Waals surface area contributed by atoms with Crippen LogP contribution in [0.1, 0.15) is 45.1 Å². The number of hydrogen-bond acceptors (Lipinski definition) is 2. The Hall–Kier alpha value is -1.48. The summed E-state index contributed by atoms with van der Waals surface area (Å²) in [6.45, 7) is 11.5. The number of unbranched alkanes of at least 4 members (excludes halogenated alkanes) is 1. The van der Waals surface area contributed by atoms with Crippen molar-refractivity contribution >= 4 is 17.7 Å². The van der Waals surface area contributed by atoms with Crippen molar-refractivity contribution in [3.8, 4) is 0 Å². The number of amides is 1. The zero-order valence-corrected chi connectivity index (χ0v) is 16.1. The minimum absolute atomic E-state index is 0.0312. The molecule has 2 nitrogen and oxygen atoms in total. The quantitative estimate of drug-likeness (QED) is 0.383. The molecule has 0 spiro atoms. The highest BCUT2D eigenvalue weighted by Gasteiger charge is 2.23. The van der Waals surface area contributed by atoms with Crippen LogP contribution in [-0.4, -0.2) is 29.1 Å². The van der Waals surface area contributed by atoms with Gasteiger partial charge in [-0.25, -0.2) is 0 Å². The third-order valence-electron chi connectivity index (χ3n) is 3.70. The van der Waals surface area contributed by atoms with E-state index in [1.807, 2.05) is 11.0 Å². The number of nitrogens with zero attached hydrogens (tertiary/aromatic N) is 1. The van der Waals surface area contributed by atoms with E-state index < -0.39 is 0 Å². The molecule has 0 radical (unpaired) electrons. The summed E-state index contributed by atoms with van der Waals surface area (Å²) in [5, 5.41) is -0.0312. The van der Waals surface area contributed by atoms with Gasteiger partial charge < -0.3 is 4.90 Å². The van der Waals surface area contributed by atoms with Gasteiger partial charge in [-0.15, -0.1) is 18.3 Å². The van der Waals surface area contributed by atoms with Crippen LogP contribution < -0.4 is 0 Å². The second kappa shape index (κ2) is 12.0. The largest absolute Gasteiger partial charge is 0.334 e. The van der Waals surface area contributed by atoms with Crippen LogP contribution in [0.15, 0.2) is 54.0 Å². The molecule has 0 aliphatic carbocycles. The molecule has 0 aromatic heterocycles. The van der Waals surface area contributed by atoms with E-state index in [1.165, 1.54) is 10.5 Å². The first-order chi connectivity index (χ1) is 11.6. The Balaban J connectivity index is 2.81. The van der Waals surface area contributed by atoms with Crippen molar-refractivity contribution < 1.29 is 4.79 Å². The topological polar surface area (TPSA) is 20.3 Å². The highest BCUT2D eigenvalue weighted by atomic mass is 32.2. The Morgan fingerprint density at radius 1 is 1.25 bits per heavy atom. The van der Waals surface area contributed by atoms with Crippen LogP contribution >= 0.6 is 11.8 Å². The van der Waals surface area contributed by atoms with Crippen molar-refractivity contribution in [3.63, 3.8) is 0 Å². The van der Waals surface area contributed by atoms with E-state index in [-0.39, 0.29) is 11.2 Å². The molecule has 1 rings (SSSR count). The van der Waals surface area contributed by atoms with Crippen molar-refractivity contribution in [2.75, 3.05) is 13.1 Å². The normalized spacial score (nSPS) is 12.3. The van der Waals surface area contributed by atoms with Gasteiger partial charge in [0.1, 0.15) is 0 Å². The molecular weight excluding hydrogens is 314 g/mol. The van der Waals surface area contributed by atoms with E-state index in [9.17, 15) is 4.79 Å². The molecule has 1 unspecified atom stereocenters. The molecule has 0 saturated heterocycles. The van der Waals surface area contributed by atoms with Gasteiger partial charge in [-0.1, -0.05) is 62.6 Å². The lowest BCUT2D eigenvalue weighted by atomic mass is 10.2. The van der Waals surface area contributed by atoms with Gasteiger partial charge in [0, 0.05) is 18.0 Å². The summed E-state index contributed by atoms with van der Waals surface area (Å²) < 4.78 is 0. The van der Waals surface area contributed by atoms with Crippen LogP contribution in [0, 0.1) is 6.92 Å². The molecule has 0 heterocycles. The van der Waals surface area contributed by atoms with Gasteiger partial charge >= 0.3 is 0 Å². The minimum Gasteiger partial charge on any atom is -0.334 e. The first kappa shape index (κ1) is 20.6. The summed E-state index contributed by atoms with van der Waals surface area (Å²) in [6, 6.07) is 8.38. The highest BCUT2D eigenvalue weighted by molar-refractivity contribution is 8.00. The number of carbonyl (C=O) groups is 1.